The van der Waals surface area contributed by atoms with Crippen LogP contribution >= 0.6 is 0 Å². The molecule has 4 rings (SSSR count). The number of fused-ring (bicyclic) bond motifs is 1. The van der Waals surface area contributed by atoms with Crippen molar-refractivity contribution >= 4 is 22.9 Å². The third-order valence-corrected chi connectivity index (χ3v) is 5.05. The number of carboxylic acids is 1. The van der Waals surface area contributed by atoms with Crippen LogP contribution in [0.4, 0.5) is 0 Å². The van der Waals surface area contributed by atoms with Crippen LogP contribution < -0.4 is 0 Å². The SMILES string of the molecule is CN(C)C(=O)Cn1c(-c2ccccc2)c(-c2ccccc2)c2ncc(C(=O)O)cc21. The quantitative estimate of drug-likeness (QED) is 0.547. The summed E-state index contributed by atoms with van der Waals surface area (Å²) < 4.78 is 1.87. The Morgan fingerprint density at radius 3 is 2.13 bits per heavy atom. The van der Waals surface area contributed by atoms with E-state index >= 15 is 0 Å². The maximum atomic E-state index is 12.7. The second-order valence-corrected chi connectivity index (χ2v) is 7.23. The van der Waals surface area contributed by atoms with Crippen LogP contribution in [0.1, 0.15) is 10.4 Å². The summed E-state index contributed by atoms with van der Waals surface area (Å²) in [6.07, 6.45) is 1.37. The number of hydrogen-bond acceptors (Lipinski definition) is 3. The molecule has 6 heteroatoms. The Morgan fingerprint density at radius 1 is 0.967 bits per heavy atom. The number of benzene rings is 2. The van der Waals surface area contributed by atoms with Gasteiger partial charge in [0.2, 0.25) is 5.91 Å². The molecule has 0 fully saturated rings. The van der Waals surface area contributed by atoms with Gasteiger partial charge in [-0.05, 0) is 17.2 Å². The van der Waals surface area contributed by atoms with E-state index in [1.54, 1.807) is 20.2 Å². The van der Waals surface area contributed by atoms with Gasteiger partial charge in [0.15, 0.2) is 0 Å². The van der Waals surface area contributed by atoms with E-state index in [9.17, 15) is 14.7 Å². The van der Waals surface area contributed by atoms with E-state index in [4.69, 9.17) is 0 Å². The summed E-state index contributed by atoms with van der Waals surface area (Å²) in [5.41, 5.74) is 4.95. The van der Waals surface area contributed by atoms with Crippen molar-refractivity contribution in [1.29, 1.82) is 0 Å². The molecule has 0 saturated heterocycles. The predicted octanol–water partition coefficient (Wildman–Crippen LogP) is 4.16. The predicted molar refractivity (Wildman–Crippen MR) is 116 cm³/mol. The summed E-state index contributed by atoms with van der Waals surface area (Å²) in [6, 6.07) is 21.2. The largest absolute Gasteiger partial charge is 0.478 e. The molecule has 6 nitrogen and oxygen atoms in total. The Hall–Kier alpha value is -3.93. The summed E-state index contributed by atoms with van der Waals surface area (Å²) in [6.45, 7) is 0.0747. The molecule has 4 aromatic rings. The zero-order valence-corrected chi connectivity index (χ0v) is 16.7. The lowest BCUT2D eigenvalue weighted by Gasteiger charge is -2.15. The first kappa shape index (κ1) is 19.4. The lowest BCUT2D eigenvalue weighted by atomic mass is 10.0. The number of nitrogens with zero attached hydrogens (tertiary/aromatic N) is 3. The Bertz CT molecular complexity index is 1230. The molecular weight excluding hydrogens is 378 g/mol. The van der Waals surface area contributed by atoms with Crippen LogP contribution in [-0.4, -0.2) is 45.5 Å². The van der Waals surface area contributed by atoms with Gasteiger partial charge in [0, 0.05) is 25.9 Å². The number of likely N-dealkylation sites (N-methyl/N-ethyl adjacent to an activating group) is 1. The van der Waals surface area contributed by atoms with Crippen LogP contribution in [-0.2, 0) is 11.3 Å². The number of amides is 1. The van der Waals surface area contributed by atoms with E-state index in [0.717, 1.165) is 22.4 Å². The van der Waals surface area contributed by atoms with Crippen molar-refractivity contribution in [3.8, 4) is 22.4 Å². The number of carbonyl (C=O) groups excluding carboxylic acids is 1. The van der Waals surface area contributed by atoms with Crippen LogP contribution in [0.5, 0.6) is 0 Å². The maximum Gasteiger partial charge on any atom is 0.337 e. The highest BCUT2D eigenvalue weighted by molar-refractivity contribution is 6.04. The Morgan fingerprint density at radius 2 is 1.57 bits per heavy atom. The van der Waals surface area contributed by atoms with E-state index in [1.165, 1.54) is 11.1 Å². The van der Waals surface area contributed by atoms with Gasteiger partial charge in [0.1, 0.15) is 6.54 Å². The first-order valence-electron chi connectivity index (χ1n) is 9.54. The number of pyridine rings is 1. The van der Waals surface area contributed by atoms with Gasteiger partial charge in [-0.2, -0.15) is 0 Å². The molecule has 0 saturated carbocycles. The summed E-state index contributed by atoms with van der Waals surface area (Å²) >= 11 is 0. The Kier molecular flexibility index (Phi) is 5.06. The molecule has 2 heterocycles. The van der Waals surface area contributed by atoms with E-state index in [-0.39, 0.29) is 18.0 Å². The van der Waals surface area contributed by atoms with Crippen molar-refractivity contribution in [2.75, 3.05) is 14.1 Å². The van der Waals surface area contributed by atoms with Gasteiger partial charge in [0.05, 0.1) is 22.3 Å². The summed E-state index contributed by atoms with van der Waals surface area (Å²) in [5, 5.41) is 9.49. The fourth-order valence-corrected chi connectivity index (χ4v) is 3.55. The zero-order chi connectivity index (χ0) is 21.3. The first-order valence-corrected chi connectivity index (χ1v) is 9.54. The molecule has 2 aromatic carbocycles. The molecule has 2 aromatic heterocycles. The van der Waals surface area contributed by atoms with E-state index in [2.05, 4.69) is 4.98 Å². The topological polar surface area (TPSA) is 75.4 Å². The highest BCUT2D eigenvalue weighted by Crippen LogP contribution is 2.40. The molecule has 0 bridgehead atoms. The van der Waals surface area contributed by atoms with Crippen LogP contribution in [0.2, 0.25) is 0 Å². The maximum absolute atomic E-state index is 12.7. The molecule has 30 heavy (non-hydrogen) atoms. The average Bonchev–Trinajstić information content (AvgIpc) is 3.08. The van der Waals surface area contributed by atoms with Crippen molar-refractivity contribution in [3.05, 3.63) is 78.5 Å². The molecule has 0 radical (unpaired) electrons. The smallest absolute Gasteiger partial charge is 0.337 e. The highest BCUT2D eigenvalue weighted by atomic mass is 16.4. The van der Waals surface area contributed by atoms with Gasteiger partial charge in [0.25, 0.3) is 0 Å². The third-order valence-electron chi connectivity index (χ3n) is 5.05. The second kappa shape index (κ2) is 7.83. The minimum absolute atomic E-state index is 0.0747. The van der Waals surface area contributed by atoms with E-state index in [1.807, 2.05) is 65.2 Å². The second-order valence-electron chi connectivity index (χ2n) is 7.23. The molecular formula is C24H21N3O3. The molecule has 0 aliphatic rings. The Labute approximate surface area is 174 Å². The molecule has 0 spiro atoms. The highest BCUT2D eigenvalue weighted by Gasteiger charge is 2.23. The molecule has 0 aliphatic carbocycles. The number of carboxylic acid groups (broad SMARTS) is 1. The van der Waals surface area contributed by atoms with Gasteiger partial charge < -0.3 is 14.6 Å². The van der Waals surface area contributed by atoms with Crippen molar-refractivity contribution < 1.29 is 14.7 Å². The molecule has 0 aliphatic heterocycles. The minimum Gasteiger partial charge on any atom is -0.478 e. The summed E-state index contributed by atoms with van der Waals surface area (Å²) in [4.78, 5) is 30.3. The van der Waals surface area contributed by atoms with Crippen LogP contribution in [0.3, 0.4) is 0 Å². The number of aromatic carboxylic acids is 1. The van der Waals surface area contributed by atoms with Crippen LogP contribution in [0.25, 0.3) is 33.4 Å². The molecule has 0 atom stereocenters. The fraction of sp³-hybridized carbons (Fsp3) is 0.125. The van der Waals surface area contributed by atoms with E-state index < -0.39 is 5.97 Å². The van der Waals surface area contributed by atoms with Gasteiger partial charge in [-0.25, -0.2) is 4.79 Å². The summed E-state index contributed by atoms with van der Waals surface area (Å²) in [7, 11) is 3.41. The van der Waals surface area contributed by atoms with Gasteiger partial charge in [-0.15, -0.1) is 0 Å². The molecule has 0 unspecified atom stereocenters. The van der Waals surface area contributed by atoms with Crippen LogP contribution in [0, 0.1) is 0 Å². The number of aromatic nitrogens is 2. The van der Waals surface area contributed by atoms with E-state index in [0.29, 0.717) is 11.0 Å². The number of carbonyl (C=O) groups is 2. The number of hydrogen-bond donors (Lipinski definition) is 1. The molecule has 1 amide bonds. The van der Waals surface area contributed by atoms with Crippen molar-refractivity contribution in [2.45, 2.75) is 6.54 Å². The van der Waals surface area contributed by atoms with Crippen molar-refractivity contribution in [1.82, 2.24) is 14.5 Å². The van der Waals surface area contributed by atoms with Crippen molar-refractivity contribution in [2.24, 2.45) is 0 Å². The van der Waals surface area contributed by atoms with Gasteiger partial charge in [-0.3, -0.25) is 9.78 Å². The monoisotopic (exact) mass is 399 g/mol. The summed E-state index contributed by atoms with van der Waals surface area (Å²) in [5.74, 6) is -1.15. The normalized spacial score (nSPS) is 10.9. The minimum atomic E-state index is -1.06. The first-order chi connectivity index (χ1) is 14.5. The lowest BCUT2D eigenvalue weighted by Crippen LogP contribution is -2.26. The van der Waals surface area contributed by atoms with Gasteiger partial charge >= 0.3 is 5.97 Å². The van der Waals surface area contributed by atoms with Crippen molar-refractivity contribution in [3.63, 3.8) is 0 Å². The Balaban J connectivity index is 2.12. The third kappa shape index (κ3) is 3.43. The standard InChI is InChI=1S/C24H21N3O3/c1-26(2)20(28)15-27-19-13-18(24(29)30)14-25-22(19)21(16-9-5-3-6-10-16)23(27)17-11-7-4-8-12-17/h3-14H,15H2,1-2H3,(H,29,30). The average molecular weight is 399 g/mol. The zero-order valence-electron chi connectivity index (χ0n) is 16.7. The fourth-order valence-electron chi connectivity index (χ4n) is 3.55. The van der Waals surface area contributed by atoms with Crippen LogP contribution in [0.15, 0.2) is 72.9 Å². The molecule has 1 N–H and O–H groups in total. The lowest BCUT2D eigenvalue weighted by molar-refractivity contribution is -0.129. The number of rotatable bonds is 5. The van der Waals surface area contributed by atoms with Gasteiger partial charge in [-0.1, -0.05) is 60.7 Å². The molecule has 150 valence electrons.